The van der Waals surface area contributed by atoms with Crippen molar-refractivity contribution in [2.45, 2.75) is 16.2 Å². The van der Waals surface area contributed by atoms with Crippen molar-refractivity contribution in [1.82, 2.24) is 9.88 Å². The summed E-state index contributed by atoms with van der Waals surface area (Å²) in [6.07, 6.45) is 0. The molecule has 2 heterocycles. The predicted octanol–water partition coefficient (Wildman–Crippen LogP) is 2.55. The van der Waals surface area contributed by atoms with Gasteiger partial charge >= 0.3 is 6.03 Å². The lowest BCUT2D eigenvalue weighted by molar-refractivity contribution is -0.125. The van der Waals surface area contributed by atoms with Crippen LogP contribution in [0.2, 0.25) is 0 Å². The van der Waals surface area contributed by atoms with Crippen molar-refractivity contribution in [1.29, 1.82) is 0 Å². The van der Waals surface area contributed by atoms with Gasteiger partial charge in [0.25, 0.3) is 0 Å². The number of amides is 3. The Hall–Kier alpha value is -2.06. The van der Waals surface area contributed by atoms with Crippen LogP contribution >= 0.6 is 23.1 Å². The van der Waals surface area contributed by atoms with Crippen LogP contribution in [0.3, 0.4) is 0 Å². The number of aryl methyl sites for hydroxylation is 1. The van der Waals surface area contributed by atoms with E-state index < -0.39 is 0 Å². The van der Waals surface area contributed by atoms with Gasteiger partial charge in [0.2, 0.25) is 5.91 Å². The summed E-state index contributed by atoms with van der Waals surface area (Å²) in [6, 6.07) is 7.38. The molecule has 1 aromatic carbocycles. The number of carbonyl (C=O) groups is 2. The summed E-state index contributed by atoms with van der Waals surface area (Å²) in [4.78, 5) is 30.0. The van der Waals surface area contributed by atoms with E-state index in [-0.39, 0.29) is 17.9 Å². The fourth-order valence-electron chi connectivity index (χ4n) is 2.11. The summed E-state index contributed by atoms with van der Waals surface area (Å²) in [7, 11) is 0. The largest absolute Gasteiger partial charge is 0.369 e. The SMILES string of the molecule is Cc1csc(Sc2ccc(NC(=O)N3CC(C(N)=O)C3)cc2)n1. The minimum Gasteiger partial charge on any atom is -0.369 e. The monoisotopic (exact) mass is 348 g/mol. The van der Waals surface area contributed by atoms with Crippen LogP contribution in [-0.2, 0) is 4.79 Å². The van der Waals surface area contributed by atoms with Crippen LogP contribution in [-0.4, -0.2) is 34.9 Å². The minimum atomic E-state index is -0.354. The molecular formula is C15H16N4O2S2. The van der Waals surface area contributed by atoms with Gasteiger partial charge < -0.3 is 16.0 Å². The van der Waals surface area contributed by atoms with Gasteiger partial charge in [-0.2, -0.15) is 0 Å². The average molecular weight is 348 g/mol. The lowest BCUT2D eigenvalue weighted by Gasteiger charge is -2.37. The van der Waals surface area contributed by atoms with Gasteiger partial charge in [0.1, 0.15) is 0 Å². The molecule has 1 aliphatic heterocycles. The van der Waals surface area contributed by atoms with Gasteiger partial charge in [-0.3, -0.25) is 4.79 Å². The second-order valence-corrected chi connectivity index (χ2v) is 7.49. The summed E-state index contributed by atoms with van der Waals surface area (Å²) in [5, 5.41) is 4.83. The highest BCUT2D eigenvalue weighted by atomic mass is 32.2. The molecule has 0 bridgehead atoms. The third kappa shape index (κ3) is 3.83. The molecule has 1 aromatic heterocycles. The van der Waals surface area contributed by atoms with Gasteiger partial charge in [-0.1, -0.05) is 11.8 Å². The summed E-state index contributed by atoms with van der Waals surface area (Å²) in [5.74, 6) is -0.575. The van der Waals surface area contributed by atoms with Gasteiger partial charge in [-0.25, -0.2) is 9.78 Å². The van der Waals surface area contributed by atoms with Crippen molar-refractivity contribution in [3.8, 4) is 0 Å². The average Bonchev–Trinajstić information content (AvgIpc) is 2.84. The van der Waals surface area contributed by atoms with E-state index in [1.165, 1.54) is 0 Å². The van der Waals surface area contributed by atoms with Crippen LogP contribution < -0.4 is 11.1 Å². The Morgan fingerprint density at radius 1 is 1.35 bits per heavy atom. The van der Waals surface area contributed by atoms with Crippen LogP contribution in [0.25, 0.3) is 0 Å². The van der Waals surface area contributed by atoms with Gasteiger partial charge in [0.05, 0.1) is 5.92 Å². The molecule has 0 atom stereocenters. The number of nitrogens with two attached hydrogens (primary N) is 1. The first-order valence-electron chi connectivity index (χ1n) is 7.06. The van der Waals surface area contributed by atoms with Gasteiger partial charge in [-0.05, 0) is 31.2 Å². The third-order valence-corrected chi connectivity index (χ3v) is 5.54. The first-order valence-corrected chi connectivity index (χ1v) is 8.76. The van der Waals surface area contributed by atoms with E-state index in [9.17, 15) is 9.59 Å². The molecule has 0 spiro atoms. The number of carbonyl (C=O) groups excluding carboxylic acids is 2. The van der Waals surface area contributed by atoms with E-state index in [0.717, 1.165) is 20.6 Å². The maximum absolute atomic E-state index is 12.0. The highest BCUT2D eigenvalue weighted by Crippen LogP contribution is 2.31. The van der Waals surface area contributed by atoms with Gasteiger partial charge in [0.15, 0.2) is 4.34 Å². The first kappa shape index (κ1) is 15.8. The van der Waals surface area contributed by atoms with Crippen LogP contribution in [0.15, 0.2) is 38.9 Å². The summed E-state index contributed by atoms with van der Waals surface area (Å²) >= 11 is 3.21. The molecule has 0 aliphatic carbocycles. The number of anilines is 1. The van der Waals surface area contributed by atoms with E-state index in [1.807, 2.05) is 36.6 Å². The number of rotatable bonds is 4. The molecule has 3 N–H and O–H groups in total. The predicted molar refractivity (Wildman–Crippen MR) is 90.7 cm³/mol. The van der Waals surface area contributed by atoms with E-state index in [2.05, 4.69) is 10.3 Å². The molecule has 2 aromatic rings. The molecule has 3 amide bonds. The number of primary amides is 1. The number of hydrogen-bond donors (Lipinski definition) is 2. The third-order valence-electron chi connectivity index (χ3n) is 3.48. The van der Waals surface area contributed by atoms with Crippen molar-refractivity contribution in [2.75, 3.05) is 18.4 Å². The second kappa shape index (κ2) is 6.59. The zero-order valence-electron chi connectivity index (χ0n) is 12.5. The number of nitrogens with zero attached hydrogens (tertiary/aromatic N) is 2. The highest BCUT2D eigenvalue weighted by Gasteiger charge is 2.34. The van der Waals surface area contributed by atoms with E-state index in [1.54, 1.807) is 28.0 Å². The van der Waals surface area contributed by atoms with Crippen LogP contribution in [0.5, 0.6) is 0 Å². The lowest BCUT2D eigenvalue weighted by Crippen LogP contribution is -2.55. The molecule has 8 heteroatoms. The van der Waals surface area contributed by atoms with Crippen molar-refractivity contribution < 1.29 is 9.59 Å². The normalized spacial score (nSPS) is 14.4. The quantitative estimate of drug-likeness (QED) is 0.889. The standard InChI is InChI=1S/C15H16N4O2S2/c1-9-8-22-15(17-9)23-12-4-2-11(3-5-12)18-14(21)19-6-10(7-19)13(16)20/h2-5,8,10H,6-7H2,1H3,(H2,16,20)(H,18,21). The van der Waals surface area contributed by atoms with E-state index in [0.29, 0.717) is 13.1 Å². The first-order chi connectivity index (χ1) is 11.0. The van der Waals surface area contributed by atoms with Crippen molar-refractivity contribution in [3.63, 3.8) is 0 Å². The molecule has 1 fully saturated rings. The Bertz CT molecular complexity index is 723. The fraction of sp³-hybridized carbons (Fsp3) is 0.267. The Morgan fingerprint density at radius 3 is 2.61 bits per heavy atom. The van der Waals surface area contributed by atoms with E-state index >= 15 is 0 Å². The fourth-order valence-corrected chi connectivity index (χ4v) is 3.92. The van der Waals surface area contributed by atoms with Crippen molar-refractivity contribution in [3.05, 3.63) is 35.3 Å². The van der Waals surface area contributed by atoms with Crippen molar-refractivity contribution in [2.24, 2.45) is 11.7 Å². The number of benzene rings is 1. The Morgan fingerprint density at radius 2 is 2.04 bits per heavy atom. The summed E-state index contributed by atoms with van der Waals surface area (Å²) < 4.78 is 0.998. The molecule has 1 aliphatic rings. The van der Waals surface area contributed by atoms with Crippen LogP contribution in [0.1, 0.15) is 5.69 Å². The number of hydrogen-bond acceptors (Lipinski definition) is 5. The van der Waals surface area contributed by atoms with Crippen LogP contribution in [0.4, 0.5) is 10.5 Å². The Kier molecular flexibility index (Phi) is 4.53. The second-order valence-electron chi connectivity index (χ2n) is 5.32. The molecular weight excluding hydrogens is 332 g/mol. The minimum absolute atomic E-state index is 0.210. The number of likely N-dealkylation sites (tertiary alicyclic amines) is 1. The molecule has 23 heavy (non-hydrogen) atoms. The molecule has 120 valence electrons. The maximum Gasteiger partial charge on any atom is 0.321 e. The highest BCUT2D eigenvalue weighted by molar-refractivity contribution is 8.01. The molecule has 0 radical (unpaired) electrons. The molecule has 3 rings (SSSR count). The van der Waals surface area contributed by atoms with Gasteiger partial charge in [0, 0.05) is 34.7 Å². The molecule has 0 unspecified atom stereocenters. The van der Waals surface area contributed by atoms with Crippen molar-refractivity contribution >= 4 is 40.7 Å². The zero-order valence-corrected chi connectivity index (χ0v) is 14.1. The van der Waals surface area contributed by atoms with E-state index in [4.69, 9.17) is 5.73 Å². The lowest BCUT2D eigenvalue weighted by atomic mass is 10.0. The molecule has 1 saturated heterocycles. The zero-order chi connectivity index (χ0) is 16.4. The maximum atomic E-state index is 12.0. The topological polar surface area (TPSA) is 88.3 Å². The van der Waals surface area contributed by atoms with Gasteiger partial charge in [-0.15, -0.1) is 11.3 Å². The Balaban J connectivity index is 1.53. The summed E-state index contributed by atoms with van der Waals surface area (Å²) in [5.41, 5.74) is 6.93. The van der Waals surface area contributed by atoms with Crippen LogP contribution in [0, 0.1) is 12.8 Å². The number of aromatic nitrogens is 1. The smallest absolute Gasteiger partial charge is 0.321 e. The molecule has 0 saturated carbocycles. The Labute approximate surface area is 142 Å². The number of urea groups is 1. The number of thiazole rings is 1. The summed E-state index contributed by atoms with van der Waals surface area (Å²) in [6.45, 7) is 2.74. The molecule has 6 nitrogen and oxygen atoms in total. The number of nitrogens with one attached hydrogen (secondary N) is 1.